The van der Waals surface area contributed by atoms with E-state index in [0.717, 1.165) is 6.42 Å². The highest BCUT2D eigenvalue weighted by Gasteiger charge is 2.40. The van der Waals surface area contributed by atoms with Gasteiger partial charge in [-0.1, -0.05) is 16.8 Å². The minimum atomic E-state index is -3.63. The van der Waals surface area contributed by atoms with E-state index in [1.165, 1.54) is 22.1 Å². The molecule has 0 unspecified atom stereocenters. The molecule has 7 nitrogen and oxygen atoms in total. The lowest BCUT2D eigenvalue weighted by molar-refractivity contribution is -0.0462. The van der Waals surface area contributed by atoms with Crippen molar-refractivity contribution < 1.29 is 22.1 Å². The predicted octanol–water partition coefficient (Wildman–Crippen LogP) is 3.13. The first-order chi connectivity index (χ1) is 12.4. The summed E-state index contributed by atoms with van der Waals surface area (Å²) in [4.78, 5) is 0.177. The molecular formula is C18H22N2O5S. The Balaban J connectivity index is 1.56. The maximum absolute atomic E-state index is 13.1. The van der Waals surface area contributed by atoms with E-state index in [4.69, 9.17) is 13.7 Å². The molecule has 0 aliphatic carbocycles. The van der Waals surface area contributed by atoms with E-state index in [-0.39, 0.29) is 10.5 Å². The summed E-state index contributed by atoms with van der Waals surface area (Å²) >= 11 is 0. The van der Waals surface area contributed by atoms with Crippen molar-refractivity contribution in [3.63, 3.8) is 0 Å². The number of aryl methyl sites for hydroxylation is 1. The Hall–Kier alpha value is -1.90. The van der Waals surface area contributed by atoms with Crippen molar-refractivity contribution in [1.82, 2.24) is 9.46 Å². The highest BCUT2D eigenvalue weighted by molar-refractivity contribution is 7.89. The summed E-state index contributed by atoms with van der Waals surface area (Å²) in [5.74, 6) is 1.12. The molecule has 4 heterocycles. The van der Waals surface area contributed by atoms with Gasteiger partial charge in [-0.15, -0.1) is 0 Å². The van der Waals surface area contributed by atoms with Crippen LogP contribution in [0.1, 0.15) is 31.9 Å². The molecule has 0 bridgehead atoms. The molecule has 2 aliphatic heterocycles. The number of nitrogens with zero attached hydrogens (tertiary/aromatic N) is 2. The van der Waals surface area contributed by atoms with Crippen LogP contribution in [0.25, 0.3) is 11.5 Å². The molecule has 140 valence electrons. The number of ether oxygens (including phenoxy) is 1. The summed E-state index contributed by atoms with van der Waals surface area (Å²) in [7, 11) is -3.63. The van der Waals surface area contributed by atoms with Gasteiger partial charge in [-0.25, -0.2) is 8.42 Å². The molecule has 1 saturated heterocycles. The maximum atomic E-state index is 13.1. The Morgan fingerprint density at radius 2 is 1.96 bits per heavy atom. The van der Waals surface area contributed by atoms with Crippen LogP contribution in [-0.4, -0.2) is 43.2 Å². The Morgan fingerprint density at radius 3 is 2.62 bits per heavy atom. The summed E-state index contributed by atoms with van der Waals surface area (Å²) in [5, 5.41) is 3.63. The van der Waals surface area contributed by atoms with Gasteiger partial charge < -0.3 is 13.7 Å². The van der Waals surface area contributed by atoms with Gasteiger partial charge in [-0.05, 0) is 33.1 Å². The van der Waals surface area contributed by atoms with E-state index in [1.54, 1.807) is 13.0 Å². The molecule has 1 spiro atoms. The molecule has 2 aromatic rings. The van der Waals surface area contributed by atoms with Crippen molar-refractivity contribution in [2.75, 3.05) is 19.7 Å². The average molecular weight is 378 g/mol. The third kappa shape index (κ3) is 3.02. The normalized spacial score (nSPS) is 21.1. The van der Waals surface area contributed by atoms with Crippen molar-refractivity contribution in [2.24, 2.45) is 0 Å². The zero-order valence-corrected chi connectivity index (χ0v) is 15.7. The average Bonchev–Trinajstić information content (AvgIpc) is 3.24. The molecule has 2 aromatic heterocycles. The molecule has 1 fully saturated rings. The second-order valence-corrected chi connectivity index (χ2v) is 8.87. The molecule has 0 saturated carbocycles. The van der Waals surface area contributed by atoms with E-state index < -0.39 is 10.0 Å². The van der Waals surface area contributed by atoms with Crippen LogP contribution in [0.2, 0.25) is 0 Å². The predicted molar refractivity (Wildman–Crippen MR) is 94.0 cm³/mol. The fourth-order valence-electron chi connectivity index (χ4n) is 3.70. The minimum Gasteiger partial charge on any atom is -0.457 e. The van der Waals surface area contributed by atoms with Crippen molar-refractivity contribution >= 4 is 10.0 Å². The van der Waals surface area contributed by atoms with E-state index >= 15 is 0 Å². The summed E-state index contributed by atoms with van der Waals surface area (Å²) in [6.45, 7) is 5.31. The highest BCUT2D eigenvalue weighted by atomic mass is 32.2. The van der Waals surface area contributed by atoms with Crippen LogP contribution in [0, 0.1) is 6.92 Å². The van der Waals surface area contributed by atoms with Gasteiger partial charge in [0, 0.05) is 25.2 Å². The van der Waals surface area contributed by atoms with E-state index in [0.29, 0.717) is 49.8 Å². The van der Waals surface area contributed by atoms with Crippen LogP contribution in [-0.2, 0) is 14.8 Å². The van der Waals surface area contributed by atoms with Gasteiger partial charge >= 0.3 is 0 Å². The van der Waals surface area contributed by atoms with Crippen LogP contribution in [0.3, 0.4) is 0 Å². The third-order valence-electron chi connectivity index (χ3n) is 5.13. The topological polar surface area (TPSA) is 85.8 Å². The number of sulfonamides is 1. The molecule has 26 heavy (non-hydrogen) atoms. The second kappa shape index (κ2) is 6.37. The Labute approximate surface area is 152 Å². The van der Waals surface area contributed by atoms with Gasteiger partial charge in [0.15, 0.2) is 5.76 Å². The highest BCUT2D eigenvalue weighted by Crippen LogP contribution is 2.36. The summed E-state index contributed by atoms with van der Waals surface area (Å²) in [5.41, 5.74) is 1.00. The first-order valence-corrected chi connectivity index (χ1v) is 10.2. The lowest BCUT2D eigenvalue weighted by atomic mass is 9.88. The summed E-state index contributed by atoms with van der Waals surface area (Å²) in [6, 6.07) is 3.14. The number of aromatic nitrogens is 1. The van der Waals surface area contributed by atoms with Gasteiger partial charge in [-0.3, -0.25) is 0 Å². The Kier molecular flexibility index (Phi) is 4.29. The number of hydrogen-bond acceptors (Lipinski definition) is 6. The minimum absolute atomic E-state index is 0.177. The molecule has 8 heteroatoms. The molecule has 0 N–H and O–H groups in total. The lowest BCUT2D eigenvalue weighted by Crippen LogP contribution is -2.48. The zero-order chi connectivity index (χ0) is 18.4. The quantitative estimate of drug-likeness (QED) is 0.763. The van der Waals surface area contributed by atoms with Crippen LogP contribution < -0.4 is 0 Å². The van der Waals surface area contributed by atoms with Crippen molar-refractivity contribution in [3.05, 3.63) is 35.7 Å². The monoisotopic (exact) mass is 378 g/mol. The van der Waals surface area contributed by atoms with Crippen molar-refractivity contribution in [3.8, 4) is 11.5 Å². The van der Waals surface area contributed by atoms with Crippen LogP contribution in [0.4, 0.5) is 0 Å². The molecule has 0 radical (unpaired) electrons. The van der Waals surface area contributed by atoms with Crippen molar-refractivity contribution in [2.45, 2.75) is 43.6 Å². The van der Waals surface area contributed by atoms with Gasteiger partial charge in [0.2, 0.25) is 15.8 Å². The largest absolute Gasteiger partial charge is 0.457 e. The summed E-state index contributed by atoms with van der Waals surface area (Å²) in [6.07, 6.45) is 5.93. The van der Waals surface area contributed by atoms with E-state index in [2.05, 4.69) is 18.2 Å². The zero-order valence-electron chi connectivity index (χ0n) is 14.9. The van der Waals surface area contributed by atoms with E-state index in [1.807, 2.05) is 0 Å². The molecular weight excluding hydrogens is 356 g/mol. The van der Waals surface area contributed by atoms with Crippen LogP contribution in [0.15, 0.2) is 43.8 Å². The fraction of sp³-hybridized carbons (Fsp3) is 0.500. The number of piperidine rings is 1. The van der Waals surface area contributed by atoms with Gasteiger partial charge in [0.1, 0.15) is 10.7 Å². The molecule has 2 aliphatic rings. The van der Waals surface area contributed by atoms with Crippen LogP contribution >= 0.6 is 0 Å². The standard InChI is InChI=1S/C18H22N2O5S/c1-13-4-10-23-18(12-13)5-8-20(9-6-18)26(21,22)17-11-16(24-14(17)2)15-3-7-19-25-15/h3,7,11-12H,4-6,8-10H2,1-2H3. The number of rotatable bonds is 3. The van der Waals surface area contributed by atoms with Gasteiger partial charge in [-0.2, -0.15) is 4.31 Å². The van der Waals surface area contributed by atoms with E-state index in [9.17, 15) is 8.42 Å². The fourth-order valence-corrected chi connectivity index (χ4v) is 5.30. The van der Waals surface area contributed by atoms with Crippen molar-refractivity contribution in [1.29, 1.82) is 0 Å². The molecule has 0 aromatic carbocycles. The molecule has 0 atom stereocenters. The summed E-state index contributed by atoms with van der Waals surface area (Å²) < 4.78 is 44.3. The number of furan rings is 1. The Morgan fingerprint density at radius 1 is 1.19 bits per heavy atom. The van der Waals surface area contributed by atoms with Gasteiger partial charge in [0.25, 0.3) is 0 Å². The lowest BCUT2D eigenvalue weighted by Gasteiger charge is -2.41. The van der Waals surface area contributed by atoms with Crippen LogP contribution in [0.5, 0.6) is 0 Å². The molecule has 4 rings (SSSR count). The smallest absolute Gasteiger partial charge is 0.246 e. The SMILES string of the molecule is CC1=CC2(CCN(S(=O)(=O)c3cc(-c4ccno4)oc3C)CC2)OCC1. The molecule has 0 amide bonds. The second-order valence-electron chi connectivity index (χ2n) is 6.97. The maximum Gasteiger partial charge on any atom is 0.246 e. The third-order valence-corrected chi connectivity index (χ3v) is 7.14. The first kappa shape index (κ1) is 17.5. The first-order valence-electron chi connectivity index (χ1n) is 8.74. The Bertz CT molecular complexity index is 919. The number of hydrogen-bond donors (Lipinski definition) is 0. The van der Waals surface area contributed by atoms with Gasteiger partial charge in [0.05, 0.1) is 18.4 Å².